The predicted octanol–water partition coefficient (Wildman–Crippen LogP) is 3.47. The number of benzene rings is 2. The molecule has 0 aliphatic carbocycles. The second-order valence-electron chi connectivity index (χ2n) is 7.38. The van der Waals surface area contributed by atoms with Gasteiger partial charge in [-0.1, -0.05) is 18.2 Å². The number of halogens is 3. The minimum Gasteiger partial charge on any atom is -0.491 e. The Morgan fingerprint density at radius 2 is 1.80 bits per heavy atom. The third-order valence-corrected chi connectivity index (χ3v) is 5.06. The Morgan fingerprint density at radius 1 is 1.10 bits per heavy atom. The van der Waals surface area contributed by atoms with Gasteiger partial charge in [-0.05, 0) is 37.3 Å². The number of nitrogens with zero attached hydrogens (tertiary/aromatic N) is 2. The molecule has 162 valence electrons. The van der Waals surface area contributed by atoms with E-state index in [2.05, 4.69) is 4.90 Å². The number of ether oxygens (including phenoxy) is 1. The molecule has 1 aliphatic heterocycles. The van der Waals surface area contributed by atoms with Crippen LogP contribution in [0.1, 0.15) is 22.8 Å². The summed E-state index contributed by atoms with van der Waals surface area (Å²) in [7, 11) is 0. The third kappa shape index (κ3) is 5.96. The molecule has 2 aromatic carbocycles. The van der Waals surface area contributed by atoms with Crippen molar-refractivity contribution in [3.63, 3.8) is 0 Å². The standard InChI is InChI=1S/C22H25F3N2O3/c1-16(28)17-4-2-7-21(12-17)30-15-20(29)14-26-8-10-27(11-9-26)19-6-3-5-18(13-19)22(23,24)25/h2-7,12-13,20,29H,8-11,14-15H2,1H3. The normalized spacial score (nSPS) is 16.4. The number of anilines is 1. The van der Waals surface area contributed by atoms with Crippen molar-refractivity contribution in [1.29, 1.82) is 0 Å². The molecule has 0 amide bonds. The molecule has 0 bridgehead atoms. The second-order valence-corrected chi connectivity index (χ2v) is 7.38. The maximum Gasteiger partial charge on any atom is 0.416 e. The number of aliphatic hydroxyl groups excluding tert-OH is 1. The first kappa shape index (κ1) is 22.1. The van der Waals surface area contributed by atoms with Crippen LogP contribution in [0.25, 0.3) is 0 Å². The average molecular weight is 422 g/mol. The van der Waals surface area contributed by atoms with Gasteiger partial charge >= 0.3 is 6.18 Å². The van der Waals surface area contributed by atoms with Crippen molar-refractivity contribution in [2.45, 2.75) is 19.2 Å². The fourth-order valence-corrected chi connectivity index (χ4v) is 3.42. The van der Waals surface area contributed by atoms with Crippen LogP contribution in [0.2, 0.25) is 0 Å². The summed E-state index contributed by atoms with van der Waals surface area (Å²) in [5, 5.41) is 10.3. The lowest BCUT2D eigenvalue weighted by Gasteiger charge is -2.37. The van der Waals surface area contributed by atoms with Crippen molar-refractivity contribution < 1.29 is 27.8 Å². The first-order valence-electron chi connectivity index (χ1n) is 9.79. The van der Waals surface area contributed by atoms with Crippen molar-refractivity contribution >= 4 is 11.5 Å². The fraction of sp³-hybridized carbons (Fsp3) is 0.409. The van der Waals surface area contributed by atoms with Crippen LogP contribution in [0.3, 0.4) is 0 Å². The molecule has 1 aliphatic rings. The van der Waals surface area contributed by atoms with Gasteiger partial charge in [-0.15, -0.1) is 0 Å². The third-order valence-electron chi connectivity index (χ3n) is 5.06. The molecule has 1 N–H and O–H groups in total. The molecule has 8 heteroatoms. The van der Waals surface area contributed by atoms with Gasteiger partial charge in [0, 0.05) is 44.0 Å². The van der Waals surface area contributed by atoms with E-state index in [-0.39, 0.29) is 12.4 Å². The molecular weight excluding hydrogens is 397 g/mol. The molecule has 0 radical (unpaired) electrons. The number of hydrogen-bond donors (Lipinski definition) is 1. The quantitative estimate of drug-likeness (QED) is 0.693. The van der Waals surface area contributed by atoms with E-state index in [1.807, 2.05) is 4.90 Å². The van der Waals surface area contributed by atoms with E-state index in [9.17, 15) is 23.1 Å². The Labute approximate surface area is 173 Å². The van der Waals surface area contributed by atoms with Crippen molar-refractivity contribution in [1.82, 2.24) is 4.90 Å². The zero-order chi connectivity index (χ0) is 21.7. The summed E-state index contributed by atoms with van der Waals surface area (Å²) >= 11 is 0. The number of ketones is 1. The number of carbonyl (C=O) groups excluding carboxylic acids is 1. The number of alkyl halides is 3. The Balaban J connectivity index is 1.46. The Kier molecular flexibility index (Phi) is 6.99. The second kappa shape index (κ2) is 9.49. The van der Waals surface area contributed by atoms with Crippen LogP contribution in [0.4, 0.5) is 18.9 Å². The minimum atomic E-state index is -4.36. The van der Waals surface area contributed by atoms with Crippen LogP contribution in [0.15, 0.2) is 48.5 Å². The smallest absolute Gasteiger partial charge is 0.416 e. The maximum absolute atomic E-state index is 12.9. The maximum atomic E-state index is 12.9. The monoisotopic (exact) mass is 422 g/mol. The van der Waals surface area contributed by atoms with E-state index in [0.717, 1.165) is 6.07 Å². The van der Waals surface area contributed by atoms with Crippen molar-refractivity contribution in [3.8, 4) is 5.75 Å². The first-order chi connectivity index (χ1) is 14.2. The van der Waals surface area contributed by atoms with Gasteiger partial charge in [-0.25, -0.2) is 0 Å². The topological polar surface area (TPSA) is 53.0 Å². The van der Waals surface area contributed by atoms with E-state index in [1.165, 1.54) is 19.1 Å². The van der Waals surface area contributed by atoms with Crippen LogP contribution >= 0.6 is 0 Å². The lowest BCUT2D eigenvalue weighted by molar-refractivity contribution is -0.137. The van der Waals surface area contributed by atoms with E-state index in [4.69, 9.17) is 4.74 Å². The lowest BCUT2D eigenvalue weighted by atomic mass is 10.1. The van der Waals surface area contributed by atoms with Gasteiger partial charge < -0.3 is 14.7 Å². The molecule has 0 aromatic heterocycles. The van der Waals surface area contributed by atoms with Gasteiger partial charge in [-0.3, -0.25) is 9.69 Å². The summed E-state index contributed by atoms with van der Waals surface area (Å²) in [4.78, 5) is 15.4. The lowest BCUT2D eigenvalue weighted by Crippen LogP contribution is -2.49. The molecule has 1 atom stereocenters. The highest BCUT2D eigenvalue weighted by Crippen LogP contribution is 2.31. The van der Waals surface area contributed by atoms with Gasteiger partial charge in [0.1, 0.15) is 18.5 Å². The van der Waals surface area contributed by atoms with E-state index in [1.54, 1.807) is 30.3 Å². The largest absolute Gasteiger partial charge is 0.491 e. The number of β-amino-alcohol motifs (C(OH)–C–C–N with tert-alkyl or cyclic N) is 1. The van der Waals surface area contributed by atoms with Gasteiger partial charge in [-0.2, -0.15) is 13.2 Å². The summed E-state index contributed by atoms with van der Waals surface area (Å²) in [5.74, 6) is 0.468. The molecule has 1 fully saturated rings. The molecule has 1 saturated heterocycles. The van der Waals surface area contributed by atoms with Crippen LogP contribution in [-0.4, -0.2) is 61.2 Å². The molecule has 3 rings (SSSR count). The number of hydrogen-bond acceptors (Lipinski definition) is 5. The predicted molar refractivity (Wildman–Crippen MR) is 108 cm³/mol. The van der Waals surface area contributed by atoms with Crippen LogP contribution in [0, 0.1) is 0 Å². The summed E-state index contributed by atoms with van der Waals surface area (Å²) in [6.45, 7) is 4.40. The summed E-state index contributed by atoms with van der Waals surface area (Å²) in [5.41, 5.74) is 0.454. The Morgan fingerprint density at radius 3 is 2.47 bits per heavy atom. The van der Waals surface area contributed by atoms with E-state index in [0.29, 0.717) is 49.7 Å². The van der Waals surface area contributed by atoms with Gasteiger partial charge in [0.15, 0.2) is 5.78 Å². The number of rotatable bonds is 7. The fourth-order valence-electron chi connectivity index (χ4n) is 3.42. The molecule has 2 aromatic rings. The summed E-state index contributed by atoms with van der Waals surface area (Å²) in [6.07, 6.45) is -5.07. The highest BCUT2D eigenvalue weighted by atomic mass is 19.4. The zero-order valence-corrected chi connectivity index (χ0v) is 16.7. The zero-order valence-electron chi connectivity index (χ0n) is 16.7. The molecule has 30 heavy (non-hydrogen) atoms. The Bertz CT molecular complexity index is 865. The van der Waals surface area contributed by atoms with Gasteiger partial charge in [0.05, 0.1) is 5.56 Å². The van der Waals surface area contributed by atoms with Crippen molar-refractivity contribution in [2.24, 2.45) is 0 Å². The molecular formula is C22H25F3N2O3. The number of Topliss-reactive ketones (excluding diaryl/α,β-unsaturated/α-hetero) is 1. The van der Waals surface area contributed by atoms with Gasteiger partial charge in [0.25, 0.3) is 0 Å². The summed E-state index contributed by atoms with van der Waals surface area (Å²) < 4.78 is 44.3. The molecule has 5 nitrogen and oxygen atoms in total. The molecule has 0 saturated carbocycles. The summed E-state index contributed by atoms with van der Waals surface area (Å²) in [6, 6.07) is 12.2. The average Bonchev–Trinajstić information content (AvgIpc) is 2.72. The molecule has 1 unspecified atom stereocenters. The SMILES string of the molecule is CC(=O)c1cccc(OCC(O)CN2CCN(c3cccc(C(F)(F)F)c3)CC2)c1. The van der Waals surface area contributed by atoms with E-state index < -0.39 is 17.8 Å². The highest BCUT2D eigenvalue weighted by Gasteiger charge is 2.31. The van der Waals surface area contributed by atoms with Crippen LogP contribution in [-0.2, 0) is 6.18 Å². The van der Waals surface area contributed by atoms with Gasteiger partial charge in [0.2, 0.25) is 0 Å². The minimum absolute atomic E-state index is 0.0559. The number of carbonyl (C=O) groups is 1. The van der Waals surface area contributed by atoms with Crippen LogP contribution in [0.5, 0.6) is 5.75 Å². The Hall–Kier alpha value is -2.58. The molecule has 1 heterocycles. The van der Waals surface area contributed by atoms with E-state index >= 15 is 0 Å². The van der Waals surface area contributed by atoms with Crippen molar-refractivity contribution in [2.75, 3.05) is 44.2 Å². The number of piperazine rings is 1. The first-order valence-corrected chi connectivity index (χ1v) is 9.79. The van der Waals surface area contributed by atoms with Crippen LogP contribution < -0.4 is 9.64 Å². The number of aliphatic hydroxyl groups is 1. The molecule has 0 spiro atoms. The van der Waals surface area contributed by atoms with Crippen molar-refractivity contribution in [3.05, 3.63) is 59.7 Å². The highest BCUT2D eigenvalue weighted by molar-refractivity contribution is 5.94.